The number of hydrogen-bond acceptors (Lipinski definition) is 3. The quantitative estimate of drug-likeness (QED) is 0.873. The fourth-order valence-electron chi connectivity index (χ4n) is 2.13. The van der Waals surface area contributed by atoms with Crippen LogP contribution in [-0.2, 0) is 0 Å². The van der Waals surface area contributed by atoms with E-state index < -0.39 is 0 Å². The Bertz CT molecular complexity index is 477. The molecule has 0 aliphatic carbocycles. The summed E-state index contributed by atoms with van der Waals surface area (Å²) in [6.07, 6.45) is 3.90. The molecule has 0 radical (unpaired) electrons. The molecule has 0 amide bonds. The first-order valence-corrected chi connectivity index (χ1v) is 6.41. The van der Waals surface area contributed by atoms with Crippen LogP contribution in [0, 0.1) is 0 Å². The maximum absolute atomic E-state index is 4.02. The van der Waals surface area contributed by atoms with Gasteiger partial charge in [-0.25, -0.2) is 0 Å². The Morgan fingerprint density at radius 1 is 1.67 bits per heavy atom. The van der Waals surface area contributed by atoms with E-state index in [9.17, 15) is 0 Å². The van der Waals surface area contributed by atoms with Crippen LogP contribution in [-0.4, -0.2) is 23.8 Å². The molecule has 1 aliphatic rings. The smallest absolute Gasteiger partial charge is 0.0758 e. The predicted molar refractivity (Wildman–Crippen MR) is 65.7 cm³/mol. The van der Waals surface area contributed by atoms with E-state index >= 15 is 0 Å². The van der Waals surface area contributed by atoms with Crippen molar-refractivity contribution in [1.82, 2.24) is 10.2 Å². The van der Waals surface area contributed by atoms with Crippen LogP contribution in [0.5, 0.6) is 0 Å². The van der Waals surface area contributed by atoms with Crippen LogP contribution in [0.3, 0.4) is 0 Å². The minimum atomic E-state index is 0.448. The third-order valence-corrected chi connectivity index (χ3v) is 4.66. The summed E-state index contributed by atoms with van der Waals surface area (Å²) in [5.74, 6) is 0.448. The Hall–Kier alpha value is -0.810. The van der Waals surface area contributed by atoms with Crippen molar-refractivity contribution in [1.29, 1.82) is 0 Å². The van der Waals surface area contributed by atoms with E-state index in [2.05, 4.69) is 43.5 Å². The lowest BCUT2D eigenvalue weighted by molar-refractivity contribution is 0.836. The lowest BCUT2D eigenvalue weighted by Crippen LogP contribution is -2.15. The number of aromatic amines is 1. The molecule has 1 unspecified atom stereocenters. The second-order valence-corrected chi connectivity index (χ2v) is 5.97. The number of nitrogens with zero attached hydrogens (tertiary/aromatic N) is 2. The molecule has 3 rings (SSSR count). The van der Waals surface area contributed by atoms with Gasteiger partial charge in [0, 0.05) is 36.7 Å². The van der Waals surface area contributed by atoms with Crippen molar-refractivity contribution in [3.8, 4) is 0 Å². The molecule has 3 heterocycles. The zero-order valence-corrected chi connectivity index (χ0v) is 10.6. The average Bonchev–Trinajstić information content (AvgIpc) is 2.86. The first-order chi connectivity index (χ1) is 7.27. The van der Waals surface area contributed by atoms with Crippen LogP contribution >= 0.6 is 27.3 Å². The molecular weight excluding hydrogens is 274 g/mol. The van der Waals surface area contributed by atoms with E-state index in [1.807, 2.05) is 12.4 Å². The maximum Gasteiger partial charge on any atom is 0.0758 e. The first-order valence-electron chi connectivity index (χ1n) is 4.74. The summed E-state index contributed by atoms with van der Waals surface area (Å²) in [5.41, 5.74) is 4.02. The number of nitrogens with one attached hydrogen (secondary N) is 1. The third-order valence-electron chi connectivity index (χ3n) is 2.90. The van der Waals surface area contributed by atoms with E-state index in [-0.39, 0.29) is 0 Å². The standard InChI is InChI=1S/C10H10BrN3S/c1-14-4-7(6-2-12-13-3-6)9-8(14)5-15-10(9)11/h2-3,5,7H,4H2,1H3,(H,12,13). The zero-order chi connectivity index (χ0) is 10.4. The lowest BCUT2D eigenvalue weighted by Gasteiger charge is -2.11. The SMILES string of the molecule is CN1CC(c2cn[nH]c2)c2c1csc2Br. The van der Waals surface area contributed by atoms with Gasteiger partial charge < -0.3 is 4.90 Å². The largest absolute Gasteiger partial charge is 0.373 e. The molecule has 0 spiro atoms. The van der Waals surface area contributed by atoms with Crippen molar-refractivity contribution in [2.24, 2.45) is 0 Å². The van der Waals surface area contributed by atoms with Gasteiger partial charge in [0.25, 0.3) is 0 Å². The van der Waals surface area contributed by atoms with Crippen LogP contribution in [0.2, 0.25) is 0 Å². The fraction of sp³-hybridized carbons (Fsp3) is 0.300. The summed E-state index contributed by atoms with van der Waals surface area (Å²) in [5, 5.41) is 9.11. The van der Waals surface area contributed by atoms with Gasteiger partial charge in [-0.3, -0.25) is 5.10 Å². The molecule has 0 saturated carbocycles. The lowest BCUT2D eigenvalue weighted by atomic mass is 9.99. The van der Waals surface area contributed by atoms with Gasteiger partial charge >= 0.3 is 0 Å². The summed E-state index contributed by atoms with van der Waals surface area (Å²) in [4.78, 5) is 2.30. The summed E-state index contributed by atoms with van der Waals surface area (Å²) < 4.78 is 1.24. The van der Waals surface area contributed by atoms with Gasteiger partial charge in [0.05, 0.1) is 15.7 Å². The normalized spacial score (nSPS) is 19.6. The topological polar surface area (TPSA) is 31.9 Å². The number of likely N-dealkylation sites (N-methyl/N-ethyl adjacent to an activating group) is 1. The summed E-state index contributed by atoms with van der Waals surface area (Å²) in [7, 11) is 2.14. The van der Waals surface area contributed by atoms with E-state index in [1.165, 1.54) is 20.6 Å². The summed E-state index contributed by atoms with van der Waals surface area (Å²) in [6.45, 7) is 1.04. The molecule has 2 aromatic heterocycles. The number of fused-ring (bicyclic) bond motifs is 1. The minimum absolute atomic E-state index is 0.448. The fourth-order valence-corrected chi connectivity index (χ4v) is 3.79. The number of halogens is 1. The van der Waals surface area contributed by atoms with Crippen molar-refractivity contribution in [3.63, 3.8) is 0 Å². The van der Waals surface area contributed by atoms with Crippen molar-refractivity contribution in [3.05, 3.63) is 32.7 Å². The average molecular weight is 284 g/mol. The number of hydrogen-bond donors (Lipinski definition) is 1. The van der Waals surface area contributed by atoms with Crippen LogP contribution in [0.15, 0.2) is 21.6 Å². The van der Waals surface area contributed by atoms with Crippen LogP contribution in [0.1, 0.15) is 17.0 Å². The van der Waals surface area contributed by atoms with Crippen molar-refractivity contribution < 1.29 is 0 Å². The van der Waals surface area contributed by atoms with E-state index in [1.54, 1.807) is 11.3 Å². The Balaban J connectivity index is 2.11. The monoisotopic (exact) mass is 283 g/mol. The molecular formula is C10H10BrN3S. The number of anilines is 1. The van der Waals surface area contributed by atoms with E-state index in [0.29, 0.717) is 5.92 Å². The molecule has 3 nitrogen and oxygen atoms in total. The molecule has 0 bridgehead atoms. The first kappa shape index (κ1) is 9.42. The Morgan fingerprint density at radius 2 is 2.53 bits per heavy atom. The highest BCUT2D eigenvalue weighted by molar-refractivity contribution is 9.11. The second-order valence-electron chi connectivity index (χ2n) is 3.77. The Labute approximate surface area is 100 Å². The predicted octanol–water partition coefficient (Wildman–Crippen LogP) is 2.82. The van der Waals surface area contributed by atoms with Gasteiger partial charge in [-0.05, 0) is 21.5 Å². The molecule has 0 fully saturated rings. The van der Waals surface area contributed by atoms with Gasteiger partial charge in [-0.2, -0.15) is 5.10 Å². The van der Waals surface area contributed by atoms with Crippen LogP contribution in [0.25, 0.3) is 0 Å². The molecule has 0 saturated heterocycles. The number of thiophene rings is 1. The maximum atomic E-state index is 4.02. The Kier molecular flexibility index (Phi) is 2.10. The zero-order valence-electron chi connectivity index (χ0n) is 8.20. The number of aromatic nitrogens is 2. The highest BCUT2D eigenvalue weighted by Gasteiger charge is 2.31. The third kappa shape index (κ3) is 1.33. The van der Waals surface area contributed by atoms with E-state index in [0.717, 1.165) is 6.54 Å². The molecule has 0 aromatic carbocycles. The minimum Gasteiger partial charge on any atom is -0.373 e. The number of rotatable bonds is 1. The van der Waals surface area contributed by atoms with Gasteiger partial charge in [0.2, 0.25) is 0 Å². The molecule has 78 valence electrons. The van der Waals surface area contributed by atoms with Gasteiger partial charge in [0.1, 0.15) is 0 Å². The van der Waals surface area contributed by atoms with Crippen molar-refractivity contribution in [2.45, 2.75) is 5.92 Å². The second kappa shape index (κ2) is 3.35. The Morgan fingerprint density at radius 3 is 3.27 bits per heavy atom. The van der Waals surface area contributed by atoms with Gasteiger partial charge in [0.15, 0.2) is 0 Å². The van der Waals surface area contributed by atoms with Crippen molar-refractivity contribution >= 4 is 33.0 Å². The summed E-state index contributed by atoms with van der Waals surface area (Å²) >= 11 is 5.39. The van der Waals surface area contributed by atoms with Gasteiger partial charge in [-0.15, -0.1) is 11.3 Å². The highest BCUT2D eigenvalue weighted by Crippen LogP contribution is 2.46. The molecule has 1 aliphatic heterocycles. The summed E-state index contributed by atoms with van der Waals surface area (Å²) in [6, 6.07) is 0. The number of H-pyrrole nitrogens is 1. The van der Waals surface area contributed by atoms with E-state index in [4.69, 9.17) is 0 Å². The molecule has 2 aromatic rings. The van der Waals surface area contributed by atoms with Gasteiger partial charge in [-0.1, -0.05) is 0 Å². The van der Waals surface area contributed by atoms with Crippen molar-refractivity contribution in [2.75, 3.05) is 18.5 Å². The van der Waals surface area contributed by atoms with Crippen LogP contribution < -0.4 is 4.90 Å². The van der Waals surface area contributed by atoms with Crippen LogP contribution in [0.4, 0.5) is 5.69 Å². The molecule has 1 N–H and O–H groups in total. The highest BCUT2D eigenvalue weighted by atomic mass is 79.9. The molecule has 5 heteroatoms. The molecule has 15 heavy (non-hydrogen) atoms. The molecule has 1 atom stereocenters.